The van der Waals surface area contributed by atoms with Gasteiger partial charge >= 0.3 is 0 Å². The molecule has 0 spiro atoms. The highest BCUT2D eigenvalue weighted by Crippen LogP contribution is 2.33. The molecule has 2 aliphatic rings. The van der Waals surface area contributed by atoms with Gasteiger partial charge in [-0.1, -0.05) is 6.92 Å². The third-order valence-corrected chi connectivity index (χ3v) is 6.35. The first-order valence-electron chi connectivity index (χ1n) is 5.46. The molecule has 0 N–H and O–H groups in total. The van der Waals surface area contributed by atoms with Gasteiger partial charge in [0.15, 0.2) is 0 Å². The number of halogens is 1. The predicted molar refractivity (Wildman–Crippen MR) is 68.2 cm³/mol. The topological polar surface area (TPSA) is 49.7 Å². The van der Waals surface area contributed by atoms with E-state index < -0.39 is 9.84 Å². The number of allylic oxidation sites excluding steroid dienone is 1. The van der Waals surface area contributed by atoms with E-state index in [9.17, 15) is 8.42 Å². The highest BCUT2D eigenvalue weighted by Gasteiger charge is 2.34. The lowest BCUT2D eigenvalue weighted by molar-refractivity contribution is 0.211. The Hall–Kier alpha value is -0.200. The van der Waals surface area contributed by atoms with E-state index in [0.29, 0.717) is 4.91 Å². The first-order valence-corrected chi connectivity index (χ1v) is 7.74. The maximum Gasteiger partial charge on any atom is 0.228 e. The maximum absolute atomic E-state index is 11.9. The summed E-state index contributed by atoms with van der Waals surface area (Å²) in [5.74, 6) is 0.145. The molecule has 6 heteroatoms. The van der Waals surface area contributed by atoms with Gasteiger partial charge < -0.3 is 4.90 Å². The predicted octanol–water partition coefficient (Wildman–Crippen LogP) is 1.74. The Morgan fingerprint density at radius 3 is 2.56 bits per heavy atom. The van der Waals surface area contributed by atoms with Crippen molar-refractivity contribution in [3.8, 4) is 0 Å². The second-order valence-corrected chi connectivity index (χ2v) is 7.27. The molecule has 0 radical (unpaired) electrons. The van der Waals surface area contributed by atoms with Crippen LogP contribution in [0.2, 0.25) is 0 Å². The zero-order valence-corrected chi connectivity index (χ0v) is 11.6. The fourth-order valence-corrected chi connectivity index (χ4v) is 4.12. The average Bonchev–Trinajstić information content (AvgIpc) is 2.54. The summed E-state index contributed by atoms with van der Waals surface area (Å²) in [4.78, 5) is 6.69. The van der Waals surface area contributed by atoms with Crippen LogP contribution in [0.5, 0.6) is 0 Å². The Kier molecular flexibility index (Phi) is 3.51. The summed E-state index contributed by atoms with van der Waals surface area (Å²) in [5, 5.41) is 0. The summed E-state index contributed by atoms with van der Waals surface area (Å²) in [6.45, 7) is 5.13. The number of sulfone groups is 1. The van der Waals surface area contributed by atoms with E-state index in [0.717, 1.165) is 32.5 Å². The molecule has 0 unspecified atom stereocenters. The third kappa shape index (κ3) is 2.10. The van der Waals surface area contributed by atoms with Crippen LogP contribution in [0, 0.1) is 5.92 Å². The Bertz CT molecular complexity index is 434. The van der Waals surface area contributed by atoms with Gasteiger partial charge in [-0.05, 0) is 54.3 Å². The van der Waals surface area contributed by atoms with Gasteiger partial charge in [0.25, 0.3) is 0 Å². The quantitative estimate of drug-likeness (QED) is 0.781. The molecular formula is C10H15BrN2O2S. The molecule has 0 amide bonds. The molecule has 4 nitrogen and oxygen atoms in total. The smallest absolute Gasteiger partial charge is 0.228 e. The van der Waals surface area contributed by atoms with Crippen molar-refractivity contribution in [1.82, 2.24) is 4.90 Å². The Morgan fingerprint density at radius 2 is 2.12 bits per heavy atom. The lowest BCUT2D eigenvalue weighted by Crippen LogP contribution is -2.34. The molecule has 0 saturated carbocycles. The van der Waals surface area contributed by atoms with Crippen LogP contribution in [0.4, 0.5) is 0 Å². The van der Waals surface area contributed by atoms with Crippen LogP contribution in [0.1, 0.15) is 19.8 Å². The lowest BCUT2D eigenvalue weighted by atomic mass is 9.96. The summed E-state index contributed by atoms with van der Waals surface area (Å²) in [6.07, 6.45) is 3.33. The molecule has 1 fully saturated rings. The second-order valence-electron chi connectivity index (χ2n) is 4.13. The van der Waals surface area contributed by atoms with Crippen molar-refractivity contribution in [3.05, 3.63) is 11.1 Å². The Morgan fingerprint density at radius 1 is 1.50 bits per heavy atom. The van der Waals surface area contributed by atoms with Crippen LogP contribution in [0.3, 0.4) is 0 Å². The maximum atomic E-state index is 11.9. The molecule has 2 rings (SSSR count). The molecule has 0 aromatic carbocycles. The fourth-order valence-electron chi connectivity index (χ4n) is 2.21. The van der Waals surface area contributed by atoms with E-state index in [1.54, 1.807) is 0 Å². The van der Waals surface area contributed by atoms with Gasteiger partial charge in [0.05, 0.1) is 4.91 Å². The Labute approximate surface area is 104 Å². The van der Waals surface area contributed by atoms with Gasteiger partial charge in [0, 0.05) is 6.20 Å². The van der Waals surface area contributed by atoms with Crippen molar-refractivity contribution in [2.24, 2.45) is 10.9 Å². The van der Waals surface area contributed by atoms with Gasteiger partial charge in [0.2, 0.25) is 13.8 Å². The van der Waals surface area contributed by atoms with Crippen LogP contribution in [-0.2, 0) is 9.84 Å². The average molecular weight is 307 g/mol. The van der Waals surface area contributed by atoms with Gasteiger partial charge in [-0.3, -0.25) is 0 Å². The van der Waals surface area contributed by atoms with Gasteiger partial charge in [-0.15, -0.1) is 0 Å². The normalized spacial score (nSPS) is 26.6. The molecule has 0 bridgehead atoms. The van der Waals surface area contributed by atoms with Crippen LogP contribution in [0.15, 0.2) is 16.1 Å². The Balaban J connectivity index is 2.07. The monoisotopic (exact) mass is 306 g/mol. The minimum absolute atomic E-state index is 0.0629. The molecule has 16 heavy (non-hydrogen) atoms. The molecule has 1 saturated heterocycles. The van der Waals surface area contributed by atoms with Crippen molar-refractivity contribution >= 4 is 29.7 Å². The minimum atomic E-state index is -3.28. The van der Waals surface area contributed by atoms with E-state index in [1.165, 1.54) is 6.20 Å². The van der Waals surface area contributed by atoms with Gasteiger partial charge in [0.1, 0.15) is 0 Å². The van der Waals surface area contributed by atoms with E-state index >= 15 is 0 Å². The SMILES string of the molecule is CCN1CCC(C2=CN=C(Br)S2(=O)=O)CC1. The van der Waals surface area contributed by atoms with Crippen molar-refractivity contribution in [1.29, 1.82) is 0 Å². The molecule has 2 heterocycles. The molecule has 0 atom stereocenters. The molecule has 0 aromatic rings. The highest BCUT2D eigenvalue weighted by molar-refractivity contribution is 9.21. The standard InChI is InChI=1S/C10H15BrN2O2S/c1-2-13-5-3-8(4-6-13)9-7-12-10(11)16(9,14)15/h7-8H,2-6H2,1H3. The van der Waals surface area contributed by atoms with E-state index in [1.807, 2.05) is 0 Å². The van der Waals surface area contributed by atoms with Crippen molar-refractivity contribution in [2.75, 3.05) is 19.6 Å². The zero-order chi connectivity index (χ0) is 11.8. The molecule has 2 aliphatic heterocycles. The highest BCUT2D eigenvalue weighted by atomic mass is 79.9. The first-order chi connectivity index (χ1) is 7.55. The fraction of sp³-hybridized carbons (Fsp3) is 0.700. The molecule has 90 valence electrons. The number of aliphatic imine (C=N–C) groups is 1. The van der Waals surface area contributed by atoms with E-state index in [2.05, 4.69) is 32.7 Å². The van der Waals surface area contributed by atoms with Crippen LogP contribution >= 0.6 is 15.9 Å². The summed E-state index contributed by atoms with van der Waals surface area (Å²) >= 11 is 2.99. The van der Waals surface area contributed by atoms with Gasteiger partial charge in [-0.25, -0.2) is 13.4 Å². The van der Waals surface area contributed by atoms with Crippen molar-refractivity contribution in [2.45, 2.75) is 19.8 Å². The molecule has 0 aromatic heterocycles. The number of hydrogen-bond acceptors (Lipinski definition) is 4. The summed E-state index contributed by atoms with van der Waals surface area (Å²) in [5.41, 5.74) is 0. The number of likely N-dealkylation sites (tertiary alicyclic amines) is 1. The number of nitrogens with zero attached hydrogens (tertiary/aromatic N) is 2. The second kappa shape index (κ2) is 4.58. The van der Waals surface area contributed by atoms with E-state index in [4.69, 9.17) is 0 Å². The minimum Gasteiger partial charge on any atom is -0.304 e. The van der Waals surface area contributed by atoms with Gasteiger partial charge in [-0.2, -0.15) is 0 Å². The van der Waals surface area contributed by atoms with Crippen LogP contribution < -0.4 is 0 Å². The zero-order valence-electron chi connectivity index (χ0n) is 9.19. The summed E-state index contributed by atoms with van der Waals surface area (Å²) < 4.78 is 23.8. The summed E-state index contributed by atoms with van der Waals surface area (Å²) in [7, 11) is -3.28. The largest absolute Gasteiger partial charge is 0.304 e. The summed E-state index contributed by atoms with van der Waals surface area (Å²) in [6, 6.07) is 0. The molecular weight excluding hydrogens is 292 g/mol. The number of rotatable bonds is 2. The number of piperidine rings is 1. The van der Waals surface area contributed by atoms with E-state index in [-0.39, 0.29) is 9.87 Å². The van der Waals surface area contributed by atoms with Crippen LogP contribution in [-0.4, -0.2) is 36.9 Å². The lowest BCUT2D eigenvalue weighted by Gasteiger charge is -2.31. The molecule has 0 aliphatic carbocycles. The first kappa shape index (κ1) is 12.3. The third-order valence-electron chi connectivity index (χ3n) is 3.26. The van der Waals surface area contributed by atoms with Crippen LogP contribution in [0.25, 0.3) is 0 Å². The van der Waals surface area contributed by atoms with Crippen molar-refractivity contribution in [3.63, 3.8) is 0 Å². The van der Waals surface area contributed by atoms with Crippen molar-refractivity contribution < 1.29 is 8.42 Å². The number of hydrogen-bond donors (Lipinski definition) is 0.